The molecule has 1 aromatic rings. The number of nitrogens with zero attached hydrogens (tertiary/aromatic N) is 3. The molecule has 2 aliphatic heterocycles. The van der Waals surface area contributed by atoms with Gasteiger partial charge in [-0.15, -0.1) is 0 Å². The van der Waals surface area contributed by atoms with Crippen molar-refractivity contribution in [2.24, 2.45) is 5.92 Å². The van der Waals surface area contributed by atoms with Crippen LogP contribution in [0.5, 0.6) is 0 Å². The summed E-state index contributed by atoms with van der Waals surface area (Å²) in [6.07, 6.45) is 6.43. The average Bonchev–Trinajstić information content (AvgIpc) is 2.71. The van der Waals surface area contributed by atoms with Gasteiger partial charge in [-0.2, -0.15) is 0 Å². The molecule has 2 aliphatic rings. The third-order valence-corrected chi connectivity index (χ3v) is 6.08. The quantitative estimate of drug-likeness (QED) is 0.691. The number of hydrogen-bond acceptors (Lipinski definition) is 3. The summed E-state index contributed by atoms with van der Waals surface area (Å²) >= 11 is 0. The van der Waals surface area contributed by atoms with Crippen LogP contribution < -0.4 is 0 Å². The molecule has 0 saturated carbocycles. The number of likely N-dealkylation sites (tertiary alicyclic amines) is 2. The van der Waals surface area contributed by atoms with Gasteiger partial charge in [0.25, 0.3) is 0 Å². The van der Waals surface area contributed by atoms with Crippen molar-refractivity contribution in [1.82, 2.24) is 14.7 Å². The Morgan fingerprint density at radius 3 is 2.71 bits per heavy atom. The van der Waals surface area contributed by atoms with E-state index in [-0.39, 0.29) is 11.8 Å². The van der Waals surface area contributed by atoms with Gasteiger partial charge in [-0.3, -0.25) is 9.59 Å². The standard InChI is InChI=1S/C23H35N3O2/c1-24-14-7-10-21(18-24)19-26(16-12-20-8-3-2-4-9-20)23(28)13-17-25-15-6-5-11-22(25)27/h2-4,8-9,21H,5-7,10-19H2,1H3/t21-/m1/s1. The zero-order chi connectivity index (χ0) is 19.8. The van der Waals surface area contributed by atoms with Gasteiger partial charge in [0.15, 0.2) is 0 Å². The summed E-state index contributed by atoms with van der Waals surface area (Å²) in [6, 6.07) is 10.4. The molecule has 0 spiro atoms. The molecular weight excluding hydrogens is 350 g/mol. The normalized spacial score (nSPS) is 21.0. The molecule has 2 fully saturated rings. The summed E-state index contributed by atoms with van der Waals surface area (Å²) in [5, 5.41) is 0. The second-order valence-electron chi connectivity index (χ2n) is 8.43. The molecular formula is C23H35N3O2. The van der Waals surface area contributed by atoms with Crippen LogP contribution in [0.1, 0.15) is 44.1 Å². The summed E-state index contributed by atoms with van der Waals surface area (Å²) in [6.45, 7) is 5.21. The van der Waals surface area contributed by atoms with Gasteiger partial charge in [-0.05, 0) is 57.2 Å². The van der Waals surface area contributed by atoms with E-state index in [0.29, 0.717) is 25.3 Å². The van der Waals surface area contributed by atoms with Crippen LogP contribution in [-0.4, -0.2) is 72.8 Å². The number of benzene rings is 1. The zero-order valence-electron chi connectivity index (χ0n) is 17.3. The summed E-state index contributed by atoms with van der Waals surface area (Å²) in [7, 11) is 2.17. The molecule has 0 radical (unpaired) electrons. The fourth-order valence-corrected chi connectivity index (χ4v) is 4.45. The Labute approximate surface area is 169 Å². The van der Waals surface area contributed by atoms with Gasteiger partial charge in [0, 0.05) is 45.6 Å². The van der Waals surface area contributed by atoms with Crippen molar-refractivity contribution in [2.75, 3.05) is 46.3 Å². The van der Waals surface area contributed by atoms with Crippen molar-refractivity contribution < 1.29 is 9.59 Å². The summed E-state index contributed by atoms with van der Waals surface area (Å²) in [5.41, 5.74) is 1.27. The van der Waals surface area contributed by atoms with E-state index in [0.717, 1.165) is 52.0 Å². The lowest BCUT2D eigenvalue weighted by Gasteiger charge is -2.34. The van der Waals surface area contributed by atoms with E-state index < -0.39 is 0 Å². The minimum Gasteiger partial charge on any atom is -0.342 e. The van der Waals surface area contributed by atoms with Gasteiger partial charge in [0.1, 0.15) is 0 Å². The Hall–Kier alpha value is -1.88. The Balaban J connectivity index is 1.56. The third kappa shape index (κ3) is 6.33. The Morgan fingerprint density at radius 1 is 1.14 bits per heavy atom. The van der Waals surface area contributed by atoms with Crippen molar-refractivity contribution in [3.8, 4) is 0 Å². The lowest BCUT2D eigenvalue weighted by atomic mass is 9.97. The molecule has 2 amide bonds. The maximum absolute atomic E-state index is 13.0. The lowest BCUT2D eigenvalue weighted by molar-refractivity contribution is -0.136. The van der Waals surface area contributed by atoms with Crippen molar-refractivity contribution in [3.05, 3.63) is 35.9 Å². The number of hydrogen-bond donors (Lipinski definition) is 0. The second kappa shape index (κ2) is 10.6. The zero-order valence-corrected chi connectivity index (χ0v) is 17.3. The van der Waals surface area contributed by atoms with Crippen molar-refractivity contribution in [3.63, 3.8) is 0 Å². The lowest BCUT2D eigenvalue weighted by Crippen LogP contribution is -2.44. The number of carbonyl (C=O) groups excluding carboxylic acids is 2. The maximum atomic E-state index is 13.0. The van der Waals surface area contributed by atoms with Crippen LogP contribution in [0.4, 0.5) is 0 Å². The first-order chi connectivity index (χ1) is 13.6. The van der Waals surface area contributed by atoms with Crippen molar-refractivity contribution >= 4 is 11.8 Å². The van der Waals surface area contributed by atoms with E-state index in [1.807, 2.05) is 11.0 Å². The first-order valence-corrected chi connectivity index (χ1v) is 10.9. The first kappa shape index (κ1) is 20.8. The summed E-state index contributed by atoms with van der Waals surface area (Å²) < 4.78 is 0. The fraction of sp³-hybridized carbons (Fsp3) is 0.652. The predicted octanol–water partition coefficient (Wildman–Crippen LogP) is 2.80. The summed E-state index contributed by atoms with van der Waals surface area (Å²) in [4.78, 5) is 31.4. The van der Waals surface area contributed by atoms with Gasteiger partial charge in [-0.25, -0.2) is 0 Å². The number of piperidine rings is 2. The Morgan fingerprint density at radius 2 is 1.96 bits per heavy atom. The molecule has 2 saturated heterocycles. The molecule has 0 N–H and O–H groups in total. The van der Waals surface area contributed by atoms with E-state index in [9.17, 15) is 9.59 Å². The van der Waals surface area contributed by atoms with Crippen LogP contribution in [-0.2, 0) is 16.0 Å². The molecule has 2 heterocycles. The van der Waals surface area contributed by atoms with Crippen molar-refractivity contribution in [1.29, 1.82) is 0 Å². The molecule has 154 valence electrons. The average molecular weight is 386 g/mol. The smallest absolute Gasteiger partial charge is 0.224 e. The molecule has 0 bridgehead atoms. The van der Waals surface area contributed by atoms with Crippen LogP contribution in [0.2, 0.25) is 0 Å². The third-order valence-electron chi connectivity index (χ3n) is 6.08. The van der Waals surface area contributed by atoms with Gasteiger partial charge in [-0.1, -0.05) is 30.3 Å². The van der Waals surface area contributed by atoms with Crippen LogP contribution >= 0.6 is 0 Å². The minimum absolute atomic E-state index is 0.197. The van der Waals surface area contributed by atoms with Gasteiger partial charge in [0.05, 0.1) is 0 Å². The maximum Gasteiger partial charge on any atom is 0.224 e. The number of carbonyl (C=O) groups is 2. The fourth-order valence-electron chi connectivity index (χ4n) is 4.45. The highest BCUT2D eigenvalue weighted by atomic mass is 16.2. The molecule has 0 aromatic heterocycles. The monoisotopic (exact) mass is 385 g/mol. The van der Waals surface area contributed by atoms with E-state index in [1.165, 1.54) is 18.4 Å². The summed E-state index contributed by atoms with van der Waals surface area (Å²) in [5.74, 6) is 0.960. The predicted molar refractivity (Wildman–Crippen MR) is 112 cm³/mol. The SMILES string of the molecule is CN1CCC[C@@H](CN(CCc2ccccc2)C(=O)CCN2CCCCC2=O)C1. The van der Waals surface area contributed by atoms with E-state index >= 15 is 0 Å². The van der Waals surface area contributed by atoms with E-state index in [2.05, 4.69) is 41.1 Å². The molecule has 5 heteroatoms. The van der Waals surface area contributed by atoms with Crippen LogP contribution in [0.3, 0.4) is 0 Å². The molecule has 5 nitrogen and oxygen atoms in total. The Kier molecular flexibility index (Phi) is 7.90. The van der Waals surface area contributed by atoms with Gasteiger partial charge in [0.2, 0.25) is 11.8 Å². The van der Waals surface area contributed by atoms with Crippen LogP contribution in [0, 0.1) is 5.92 Å². The molecule has 0 unspecified atom stereocenters. The Bertz CT molecular complexity index is 634. The first-order valence-electron chi connectivity index (χ1n) is 10.9. The second-order valence-corrected chi connectivity index (χ2v) is 8.43. The molecule has 1 atom stereocenters. The van der Waals surface area contributed by atoms with Crippen LogP contribution in [0.15, 0.2) is 30.3 Å². The highest BCUT2D eigenvalue weighted by Crippen LogP contribution is 2.18. The number of rotatable bonds is 8. The topological polar surface area (TPSA) is 43.9 Å². The molecule has 3 rings (SSSR count). The largest absolute Gasteiger partial charge is 0.342 e. The van der Waals surface area contributed by atoms with Gasteiger partial charge < -0.3 is 14.7 Å². The van der Waals surface area contributed by atoms with E-state index in [1.54, 1.807) is 0 Å². The molecule has 1 aromatic carbocycles. The van der Waals surface area contributed by atoms with Crippen molar-refractivity contribution in [2.45, 2.75) is 44.9 Å². The number of amides is 2. The highest BCUT2D eigenvalue weighted by molar-refractivity contribution is 5.79. The van der Waals surface area contributed by atoms with Gasteiger partial charge >= 0.3 is 0 Å². The van der Waals surface area contributed by atoms with E-state index in [4.69, 9.17) is 0 Å². The highest BCUT2D eigenvalue weighted by Gasteiger charge is 2.24. The molecule has 28 heavy (non-hydrogen) atoms. The minimum atomic E-state index is 0.197. The molecule has 0 aliphatic carbocycles. The van der Waals surface area contributed by atoms with Crippen LogP contribution in [0.25, 0.3) is 0 Å².